The van der Waals surface area contributed by atoms with E-state index in [4.69, 9.17) is 11.6 Å². The van der Waals surface area contributed by atoms with E-state index in [2.05, 4.69) is 10.3 Å². The maximum absolute atomic E-state index is 13.1. The van der Waals surface area contributed by atoms with Gasteiger partial charge in [-0.1, -0.05) is 29.8 Å². The van der Waals surface area contributed by atoms with Gasteiger partial charge in [-0.05, 0) is 35.9 Å². The molecule has 0 radical (unpaired) electrons. The Morgan fingerprint density at radius 2 is 1.95 bits per heavy atom. The molecule has 1 aromatic heterocycles. The second-order valence-corrected chi connectivity index (χ2v) is 4.88. The van der Waals surface area contributed by atoms with Crippen molar-refractivity contribution in [3.63, 3.8) is 0 Å². The molecule has 20 heavy (non-hydrogen) atoms. The molecule has 0 atom stereocenters. The third-order valence-electron chi connectivity index (χ3n) is 3.14. The molecule has 0 amide bonds. The summed E-state index contributed by atoms with van der Waals surface area (Å²) in [5.74, 6) is -0.411. The lowest BCUT2D eigenvalue weighted by molar-refractivity contribution is 0.628. The van der Waals surface area contributed by atoms with Gasteiger partial charge in [-0.3, -0.25) is 4.98 Å². The number of nitrogens with zero attached hydrogens (tertiary/aromatic N) is 1. The first-order valence-corrected chi connectivity index (χ1v) is 6.63. The van der Waals surface area contributed by atoms with Crippen molar-refractivity contribution in [1.82, 2.24) is 4.98 Å². The molecule has 0 aliphatic heterocycles. The highest BCUT2D eigenvalue weighted by atomic mass is 35.5. The first-order valence-electron chi connectivity index (χ1n) is 6.25. The Hall–Kier alpha value is -2.13. The van der Waals surface area contributed by atoms with Crippen LogP contribution in [0.15, 0.2) is 54.7 Å². The van der Waals surface area contributed by atoms with Crippen LogP contribution in [0.25, 0.3) is 10.9 Å². The Kier molecular flexibility index (Phi) is 3.52. The Balaban J connectivity index is 1.85. The molecule has 3 rings (SSSR count). The van der Waals surface area contributed by atoms with Gasteiger partial charge in [-0.15, -0.1) is 0 Å². The molecule has 1 N–H and O–H groups in total. The van der Waals surface area contributed by atoms with Gasteiger partial charge in [-0.2, -0.15) is 0 Å². The molecule has 100 valence electrons. The summed E-state index contributed by atoms with van der Waals surface area (Å²) in [6.45, 7) is 0.630. The van der Waals surface area contributed by atoms with Gasteiger partial charge in [0.15, 0.2) is 0 Å². The van der Waals surface area contributed by atoms with Crippen LogP contribution in [0, 0.1) is 5.82 Å². The van der Waals surface area contributed by atoms with E-state index in [1.807, 2.05) is 30.3 Å². The van der Waals surface area contributed by atoms with E-state index >= 15 is 0 Å². The number of anilines is 1. The zero-order chi connectivity index (χ0) is 13.9. The minimum Gasteiger partial charge on any atom is -0.381 e. The number of aromatic nitrogens is 1. The molecular formula is C16H12ClFN2. The zero-order valence-corrected chi connectivity index (χ0v) is 11.4. The molecule has 0 unspecified atom stereocenters. The standard InChI is InChI=1S/C16H12ClFN2/c17-14-9-12(5-6-15(14)18)20-10-11-7-8-19-16-4-2-1-3-13(11)16/h1-9,20H,10H2. The van der Waals surface area contributed by atoms with Crippen LogP contribution >= 0.6 is 11.6 Å². The molecule has 0 bridgehead atoms. The summed E-state index contributed by atoms with van der Waals surface area (Å²) in [4.78, 5) is 4.32. The summed E-state index contributed by atoms with van der Waals surface area (Å²) >= 11 is 5.77. The molecule has 3 aromatic rings. The van der Waals surface area contributed by atoms with Gasteiger partial charge in [0, 0.05) is 23.8 Å². The van der Waals surface area contributed by atoms with E-state index < -0.39 is 5.82 Å². The van der Waals surface area contributed by atoms with Gasteiger partial charge in [0.2, 0.25) is 0 Å². The zero-order valence-electron chi connectivity index (χ0n) is 10.6. The minimum atomic E-state index is -0.411. The first kappa shape index (κ1) is 12.9. The molecule has 0 aliphatic carbocycles. The highest BCUT2D eigenvalue weighted by Gasteiger charge is 2.03. The average molecular weight is 287 g/mol. The summed E-state index contributed by atoms with van der Waals surface area (Å²) < 4.78 is 13.1. The van der Waals surface area contributed by atoms with Gasteiger partial charge < -0.3 is 5.32 Å². The van der Waals surface area contributed by atoms with Crippen molar-refractivity contribution in [2.24, 2.45) is 0 Å². The van der Waals surface area contributed by atoms with E-state index in [9.17, 15) is 4.39 Å². The number of nitrogens with one attached hydrogen (secondary N) is 1. The Labute approximate surface area is 121 Å². The van der Waals surface area contributed by atoms with Crippen LogP contribution in [0.2, 0.25) is 5.02 Å². The number of para-hydroxylation sites is 1. The molecule has 0 saturated heterocycles. The lowest BCUT2D eigenvalue weighted by Gasteiger charge is -2.09. The van der Waals surface area contributed by atoms with Crippen molar-refractivity contribution in [3.05, 3.63) is 71.1 Å². The molecule has 2 aromatic carbocycles. The summed E-state index contributed by atoms with van der Waals surface area (Å²) in [5, 5.41) is 4.47. The quantitative estimate of drug-likeness (QED) is 0.759. The number of fused-ring (bicyclic) bond motifs is 1. The van der Waals surface area contributed by atoms with E-state index in [0.717, 1.165) is 22.2 Å². The van der Waals surface area contributed by atoms with E-state index in [1.54, 1.807) is 18.3 Å². The maximum atomic E-state index is 13.1. The highest BCUT2D eigenvalue weighted by molar-refractivity contribution is 6.31. The fourth-order valence-electron chi connectivity index (χ4n) is 2.11. The smallest absolute Gasteiger partial charge is 0.141 e. The maximum Gasteiger partial charge on any atom is 0.141 e. The van der Waals surface area contributed by atoms with Gasteiger partial charge in [0.25, 0.3) is 0 Å². The fraction of sp³-hybridized carbons (Fsp3) is 0.0625. The number of halogens is 2. The fourth-order valence-corrected chi connectivity index (χ4v) is 2.29. The Morgan fingerprint density at radius 3 is 2.80 bits per heavy atom. The number of pyridine rings is 1. The SMILES string of the molecule is Fc1ccc(NCc2ccnc3ccccc23)cc1Cl. The average Bonchev–Trinajstić information content (AvgIpc) is 2.48. The molecular weight excluding hydrogens is 275 g/mol. The van der Waals surface area contributed by atoms with E-state index in [-0.39, 0.29) is 5.02 Å². The third-order valence-corrected chi connectivity index (χ3v) is 3.43. The van der Waals surface area contributed by atoms with Crippen molar-refractivity contribution >= 4 is 28.2 Å². The lowest BCUT2D eigenvalue weighted by Crippen LogP contribution is -2.00. The number of benzene rings is 2. The summed E-state index contributed by atoms with van der Waals surface area (Å²) in [7, 11) is 0. The normalized spacial score (nSPS) is 10.7. The molecule has 4 heteroatoms. The van der Waals surface area contributed by atoms with Gasteiger partial charge in [-0.25, -0.2) is 4.39 Å². The van der Waals surface area contributed by atoms with Crippen LogP contribution in [0.3, 0.4) is 0 Å². The minimum absolute atomic E-state index is 0.120. The van der Waals surface area contributed by atoms with Crippen molar-refractivity contribution in [2.75, 3.05) is 5.32 Å². The van der Waals surface area contributed by atoms with E-state index in [1.165, 1.54) is 6.07 Å². The number of rotatable bonds is 3. The van der Waals surface area contributed by atoms with Crippen molar-refractivity contribution in [2.45, 2.75) is 6.54 Å². The largest absolute Gasteiger partial charge is 0.381 e. The van der Waals surface area contributed by atoms with Gasteiger partial charge in [0.1, 0.15) is 5.82 Å². The van der Waals surface area contributed by atoms with Gasteiger partial charge >= 0.3 is 0 Å². The van der Waals surface area contributed by atoms with Crippen molar-refractivity contribution in [3.8, 4) is 0 Å². The van der Waals surface area contributed by atoms with Crippen molar-refractivity contribution < 1.29 is 4.39 Å². The first-order chi connectivity index (χ1) is 9.74. The molecule has 0 aliphatic rings. The monoisotopic (exact) mass is 286 g/mol. The number of hydrogen-bond acceptors (Lipinski definition) is 2. The second kappa shape index (κ2) is 5.47. The summed E-state index contributed by atoms with van der Waals surface area (Å²) in [6, 6.07) is 14.6. The van der Waals surface area contributed by atoms with Crippen LogP contribution in [-0.4, -0.2) is 4.98 Å². The predicted molar refractivity (Wildman–Crippen MR) is 80.5 cm³/mol. The summed E-state index contributed by atoms with van der Waals surface area (Å²) in [6.07, 6.45) is 1.79. The van der Waals surface area contributed by atoms with Crippen molar-refractivity contribution in [1.29, 1.82) is 0 Å². The lowest BCUT2D eigenvalue weighted by atomic mass is 10.1. The predicted octanol–water partition coefficient (Wildman–Crippen LogP) is 4.64. The molecule has 2 nitrogen and oxygen atoms in total. The number of hydrogen-bond donors (Lipinski definition) is 1. The molecule has 0 spiro atoms. The van der Waals surface area contributed by atoms with Crippen LogP contribution in [0.1, 0.15) is 5.56 Å². The van der Waals surface area contributed by atoms with Crippen LogP contribution in [0.4, 0.5) is 10.1 Å². The Morgan fingerprint density at radius 1 is 1.10 bits per heavy atom. The Bertz CT molecular complexity index is 753. The molecule has 0 fully saturated rings. The summed E-state index contributed by atoms with van der Waals surface area (Å²) in [5.41, 5.74) is 2.89. The second-order valence-electron chi connectivity index (χ2n) is 4.47. The van der Waals surface area contributed by atoms with E-state index in [0.29, 0.717) is 6.54 Å². The molecule has 1 heterocycles. The van der Waals surface area contributed by atoms with Crippen LogP contribution in [0.5, 0.6) is 0 Å². The van der Waals surface area contributed by atoms with Crippen LogP contribution in [-0.2, 0) is 6.54 Å². The highest BCUT2D eigenvalue weighted by Crippen LogP contribution is 2.21. The third kappa shape index (κ3) is 2.58. The topological polar surface area (TPSA) is 24.9 Å². The van der Waals surface area contributed by atoms with Crippen LogP contribution < -0.4 is 5.32 Å². The van der Waals surface area contributed by atoms with Gasteiger partial charge in [0.05, 0.1) is 10.5 Å². The molecule has 0 saturated carbocycles.